The summed E-state index contributed by atoms with van der Waals surface area (Å²) in [5.41, 5.74) is 1.02. The number of hydrogen-bond acceptors (Lipinski definition) is 3. The van der Waals surface area contributed by atoms with Crippen molar-refractivity contribution in [3.05, 3.63) is 48.0 Å². The van der Waals surface area contributed by atoms with Crippen LogP contribution in [0.5, 0.6) is 0 Å². The van der Waals surface area contributed by atoms with Crippen LogP contribution in [0.1, 0.15) is 69.8 Å². The lowest BCUT2D eigenvalue weighted by atomic mass is 9.80. The second-order valence-corrected chi connectivity index (χ2v) is 14.3. The van der Waals surface area contributed by atoms with E-state index in [9.17, 15) is 9.59 Å². The number of thioether (sulfide) groups is 1. The largest absolute Gasteiger partial charge is 0.350 e. The molecule has 35 heavy (non-hydrogen) atoms. The fraction of sp³-hybridized carbons (Fsp3) is 0.556. The summed E-state index contributed by atoms with van der Waals surface area (Å²) in [4.78, 5) is 28.8. The van der Waals surface area contributed by atoms with Crippen LogP contribution in [0, 0.1) is 0 Å². The van der Waals surface area contributed by atoms with Gasteiger partial charge < -0.3 is 10.2 Å². The molecular weight excluding hydrogens is 523 g/mol. The van der Waals surface area contributed by atoms with Crippen molar-refractivity contribution in [2.24, 2.45) is 0 Å². The van der Waals surface area contributed by atoms with Crippen molar-refractivity contribution in [1.29, 1.82) is 0 Å². The normalized spacial score (nSPS) is 23.6. The first-order chi connectivity index (χ1) is 16.7. The molecule has 1 saturated heterocycles. The molecule has 2 spiro atoms. The Labute approximate surface area is 226 Å². The van der Waals surface area contributed by atoms with Gasteiger partial charge in [-0.3, -0.25) is 9.59 Å². The van der Waals surface area contributed by atoms with Gasteiger partial charge in [-0.05, 0) is 48.1 Å². The molecule has 1 atom stereocenters. The topological polar surface area (TPSA) is 49.4 Å². The summed E-state index contributed by atoms with van der Waals surface area (Å²) < 4.78 is -2.43. The third-order valence-electron chi connectivity index (χ3n) is 7.91. The van der Waals surface area contributed by atoms with Crippen LogP contribution in [0.25, 0.3) is 10.8 Å². The van der Waals surface area contributed by atoms with E-state index in [2.05, 4.69) is 29.6 Å². The lowest BCUT2D eigenvalue weighted by Crippen LogP contribution is -2.61. The van der Waals surface area contributed by atoms with Gasteiger partial charge in [0.05, 0.1) is 4.87 Å². The lowest BCUT2D eigenvalue weighted by Gasteiger charge is -2.43. The maximum atomic E-state index is 14.0. The van der Waals surface area contributed by atoms with E-state index in [1.807, 2.05) is 30.0 Å². The minimum atomic E-state index is -2.10. The fourth-order valence-corrected chi connectivity index (χ4v) is 8.98. The van der Waals surface area contributed by atoms with Gasteiger partial charge >= 0.3 is 0 Å². The second kappa shape index (κ2) is 9.96. The Morgan fingerprint density at radius 1 is 0.914 bits per heavy atom. The van der Waals surface area contributed by atoms with Crippen LogP contribution < -0.4 is 5.32 Å². The van der Waals surface area contributed by atoms with Gasteiger partial charge in [0.15, 0.2) is 0 Å². The summed E-state index contributed by atoms with van der Waals surface area (Å²) in [6.07, 6.45) is 9.87. The van der Waals surface area contributed by atoms with Crippen LogP contribution in [-0.2, 0) is 16.1 Å². The predicted molar refractivity (Wildman–Crippen MR) is 146 cm³/mol. The zero-order valence-corrected chi connectivity index (χ0v) is 22.8. The van der Waals surface area contributed by atoms with E-state index in [4.69, 9.17) is 34.8 Å². The van der Waals surface area contributed by atoms with Crippen molar-refractivity contribution in [2.45, 2.75) is 90.2 Å². The van der Waals surface area contributed by atoms with Crippen molar-refractivity contribution < 1.29 is 9.59 Å². The summed E-state index contributed by atoms with van der Waals surface area (Å²) >= 11 is 20.4. The molecular formula is C27H31Cl3N2O2S. The molecule has 0 aromatic heterocycles. The van der Waals surface area contributed by atoms with Crippen LogP contribution >= 0.6 is 46.6 Å². The van der Waals surface area contributed by atoms with Gasteiger partial charge in [0.25, 0.3) is 9.70 Å². The highest BCUT2D eigenvalue weighted by Crippen LogP contribution is 2.62. The quantitative estimate of drug-likeness (QED) is 0.411. The molecule has 1 N–H and O–H groups in total. The molecule has 1 aliphatic heterocycles. The monoisotopic (exact) mass is 552 g/mol. The van der Waals surface area contributed by atoms with Crippen LogP contribution in [-0.4, -0.2) is 36.2 Å². The molecule has 2 aliphatic carbocycles. The standard InChI is InChI=1S/C27H31Cl3N2O2S/c28-27(29,30)24(34)32-22(23(33)31-18-19-11-12-20-9-3-4-10-21(20)17-19)25(13-5-1-6-14-25)35-26(32)15-7-2-8-16-26/h3-4,9-12,17,22H,1-2,5-8,13-16,18H2,(H,31,33). The molecule has 1 heterocycles. The molecule has 8 heteroatoms. The number of rotatable bonds is 3. The van der Waals surface area contributed by atoms with Crippen molar-refractivity contribution in [3.63, 3.8) is 0 Å². The Morgan fingerprint density at radius 3 is 2.20 bits per heavy atom. The summed E-state index contributed by atoms with van der Waals surface area (Å²) in [6, 6.07) is 13.7. The summed E-state index contributed by atoms with van der Waals surface area (Å²) in [5.74, 6) is -0.706. The SMILES string of the molecule is O=C(NCc1ccc2ccccc2c1)C1N(C(=O)C(Cl)(Cl)Cl)C2(CCCCC2)SC12CCCCC2. The number of alkyl halides is 3. The first-order valence-electron chi connectivity index (χ1n) is 12.6. The molecule has 1 unspecified atom stereocenters. The molecule has 2 saturated carbocycles. The molecule has 3 aliphatic rings. The van der Waals surface area contributed by atoms with Crippen molar-refractivity contribution in [3.8, 4) is 0 Å². The lowest BCUT2D eigenvalue weighted by molar-refractivity contribution is -0.145. The second-order valence-electron chi connectivity index (χ2n) is 10.2. The Balaban J connectivity index is 1.47. The number of benzene rings is 2. The number of carbonyl (C=O) groups excluding carboxylic acids is 2. The smallest absolute Gasteiger partial charge is 0.276 e. The minimum Gasteiger partial charge on any atom is -0.350 e. The summed E-state index contributed by atoms with van der Waals surface area (Å²) in [7, 11) is 0. The molecule has 0 radical (unpaired) electrons. The number of fused-ring (bicyclic) bond motifs is 1. The number of nitrogens with one attached hydrogen (secondary N) is 1. The average molecular weight is 554 g/mol. The van der Waals surface area contributed by atoms with Crippen LogP contribution in [0.3, 0.4) is 0 Å². The van der Waals surface area contributed by atoms with E-state index in [-0.39, 0.29) is 10.7 Å². The van der Waals surface area contributed by atoms with Crippen LogP contribution in [0.15, 0.2) is 42.5 Å². The molecule has 3 fully saturated rings. The molecule has 2 aromatic carbocycles. The highest BCUT2D eigenvalue weighted by atomic mass is 35.6. The predicted octanol–water partition coefficient (Wildman–Crippen LogP) is 7.13. The third-order valence-corrected chi connectivity index (χ3v) is 10.4. The van der Waals surface area contributed by atoms with Gasteiger partial charge in [0.1, 0.15) is 6.04 Å². The van der Waals surface area contributed by atoms with E-state index >= 15 is 0 Å². The van der Waals surface area contributed by atoms with E-state index in [1.54, 1.807) is 4.90 Å². The van der Waals surface area contributed by atoms with Crippen LogP contribution in [0.2, 0.25) is 0 Å². The summed E-state index contributed by atoms with van der Waals surface area (Å²) in [5, 5.41) is 5.45. The molecule has 0 bridgehead atoms. The Morgan fingerprint density at radius 2 is 1.54 bits per heavy atom. The van der Waals surface area contributed by atoms with Crippen molar-refractivity contribution >= 4 is 69.2 Å². The van der Waals surface area contributed by atoms with Crippen molar-refractivity contribution in [1.82, 2.24) is 10.2 Å². The maximum Gasteiger partial charge on any atom is 0.276 e. The van der Waals surface area contributed by atoms with Gasteiger partial charge in [0.2, 0.25) is 5.91 Å². The molecule has 188 valence electrons. The first-order valence-corrected chi connectivity index (χ1v) is 14.6. The number of halogens is 3. The van der Waals surface area contributed by atoms with E-state index in [0.717, 1.165) is 80.5 Å². The van der Waals surface area contributed by atoms with Crippen molar-refractivity contribution in [2.75, 3.05) is 0 Å². The van der Waals surface area contributed by atoms with Crippen LogP contribution in [0.4, 0.5) is 0 Å². The fourth-order valence-electron chi connectivity index (χ4n) is 6.36. The van der Waals surface area contributed by atoms with Gasteiger partial charge in [-0.15, -0.1) is 11.8 Å². The highest BCUT2D eigenvalue weighted by Gasteiger charge is 2.65. The Kier molecular flexibility index (Phi) is 7.26. The minimum absolute atomic E-state index is 0.141. The first kappa shape index (κ1) is 25.5. The van der Waals surface area contributed by atoms with Gasteiger partial charge in [-0.25, -0.2) is 0 Å². The van der Waals surface area contributed by atoms with E-state index in [0.29, 0.717) is 6.54 Å². The zero-order valence-electron chi connectivity index (χ0n) is 19.7. The highest BCUT2D eigenvalue weighted by molar-refractivity contribution is 8.02. The Hall–Kier alpha value is -1.14. The number of nitrogens with zero attached hydrogens (tertiary/aromatic N) is 1. The Bertz CT molecular complexity index is 1110. The molecule has 5 rings (SSSR count). The maximum absolute atomic E-state index is 14.0. The van der Waals surface area contributed by atoms with Gasteiger partial charge in [-0.1, -0.05) is 110 Å². The number of hydrogen-bond donors (Lipinski definition) is 1. The van der Waals surface area contributed by atoms with Gasteiger partial charge in [0, 0.05) is 11.3 Å². The average Bonchev–Trinajstić information content (AvgIpc) is 3.10. The zero-order chi connectivity index (χ0) is 24.7. The number of carbonyl (C=O) groups is 2. The van der Waals surface area contributed by atoms with E-state index in [1.165, 1.54) is 0 Å². The third kappa shape index (κ3) is 4.91. The van der Waals surface area contributed by atoms with E-state index < -0.39 is 20.6 Å². The summed E-state index contributed by atoms with van der Waals surface area (Å²) in [6.45, 7) is 0.393. The molecule has 4 nitrogen and oxygen atoms in total. The van der Waals surface area contributed by atoms with Gasteiger partial charge in [-0.2, -0.15) is 0 Å². The molecule has 2 aromatic rings. The number of amides is 2. The molecule has 2 amide bonds.